The van der Waals surface area contributed by atoms with Gasteiger partial charge in [0, 0.05) is 6.04 Å². The molecule has 1 aliphatic rings. The number of benzene rings is 1. The molecule has 0 aromatic heterocycles. The number of hydrogen-bond acceptors (Lipinski definition) is 1. The van der Waals surface area contributed by atoms with Crippen molar-refractivity contribution in [2.24, 2.45) is 17.6 Å². The van der Waals surface area contributed by atoms with Gasteiger partial charge in [0.05, 0.1) is 0 Å². The van der Waals surface area contributed by atoms with E-state index in [4.69, 9.17) is 5.73 Å². The molecule has 0 saturated heterocycles. The van der Waals surface area contributed by atoms with Gasteiger partial charge in [-0.25, -0.2) is 0 Å². The molecule has 1 aromatic rings. The second-order valence-electron chi connectivity index (χ2n) is 3.81. The molecule has 0 heterocycles. The molecule has 0 bridgehead atoms. The van der Waals surface area contributed by atoms with E-state index in [2.05, 4.69) is 31.2 Å². The minimum atomic E-state index is 0.265. The molecule has 0 aliphatic heterocycles. The van der Waals surface area contributed by atoms with Crippen molar-refractivity contribution in [2.75, 3.05) is 0 Å². The lowest BCUT2D eigenvalue weighted by atomic mass is 10.0. The largest absolute Gasteiger partial charge is 0.324 e. The van der Waals surface area contributed by atoms with Gasteiger partial charge in [0.2, 0.25) is 0 Å². The molecule has 0 radical (unpaired) electrons. The molecule has 1 heteroatoms. The third-order valence-electron chi connectivity index (χ3n) is 2.82. The zero-order chi connectivity index (χ0) is 8.55. The van der Waals surface area contributed by atoms with Crippen molar-refractivity contribution >= 4 is 0 Å². The molecule has 0 amide bonds. The van der Waals surface area contributed by atoms with E-state index in [1.54, 1.807) is 0 Å². The third-order valence-corrected chi connectivity index (χ3v) is 2.82. The van der Waals surface area contributed by atoms with Crippen LogP contribution in [0.1, 0.15) is 24.9 Å². The molecule has 0 spiro atoms. The summed E-state index contributed by atoms with van der Waals surface area (Å²) in [6.45, 7) is 2.27. The Balaban J connectivity index is 2.10. The fourth-order valence-corrected chi connectivity index (χ4v) is 1.77. The predicted octanol–water partition coefficient (Wildman–Crippen LogP) is 2.34. The molecule has 0 unspecified atom stereocenters. The first kappa shape index (κ1) is 7.81. The summed E-state index contributed by atoms with van der Waals surface area (Å²) in [5.74, 6) is 1.56. The standard InChI is InChI=1S/C11H15N/c1-8-7-10(8)11(12)9-5-3-2-4-6-9/h2-6,8,10-11H,7,12H2,1H3/t8-,10-,11+/m0/s1. The van der Waals surface area contributed by atoms with Gasteiger partial charge in [0.25, 0.3) is 0 Å². The van der Waals surface area contributed by atoms with E-state index in [1.165, 1.54) is 12.0 Å². The van der Waals surface area contributed by atoms with E-state index in [0.29, 0.717) is 0 Å². The summed E-state index contributed by atoms with van der Waals surface area (Å²) in [5.41, 5.74) is 7.37. The maximum absolute atomic E-state index is 6.09. The van der Waals surface area contributed by atoms with Crippen molar-refractivity contribution in [3.8, 4) is 0 Å². The Bertz CT molecular complexity index is 255. The van der Waals surface area contributed by atoms with Gasteiger partial charge in [0.15, 0.2) is 0 Å². The van der Waals surface area contributed by atoms with Crippen LogP contribution in [0.25, 0.3) is 0 Å². The van der Waals surface area contributed by atoms with Crippen LogP contribution < -0.4 is 5.73 Å². The van der Waals surface area contributed by atoms with Crippen LogP contribution in [0, 0.1) is 11.8 Å². The topological polar surface area (TPSA) is 26.0 Å². The molecule has 1 saturated carbocycles. The lowest BCUT2D eigenvalue weighted by Gasteiger charge is -2.10. The van der Waals surface area contributed by atoms with Gasteiger partial charge < -0.3 is 5.73 Å². The second-order valence-corrected chi connectivity index (χ2v) is 3.81. The highest BCUT2D eigenvalue weighted by Gasteiger charge is 2.37. The lowest BCUT2D eigenvalue weighted by Crippen LogP contribution is -2.12. The van der Waals surface area contributed by atoms with E-state index in [9.17, 15) is 0 Å². The van der Waals surface area contributed by atoms with Crippen LogP contribution in [-0.2, 0) is 0 Å². The van der Waals surface area contributed by atoms with Crippen molar-refractivity contribution in [3.05, 3.63) is 35.9 Å². The lowest BCUT2D eigenvalue weighted by molar-refractivity contribution is 0.593. The second kappa shape index (κ2) is 2.91. The molecular weight excluding hydrogens is 146 g/mol. The summed E-state index contributed by atoms with van der Waals surface area (Å²) in [4.78, 5) is 0. The fraction of sp³-hybridized carbons (Fsp3) is 0.455. The van der Waals surface area contributed by atoms with E-state index >= 15 is 0 Å². The maximum Gasteiger partial charge on any atom is 0.0326 e. The Labute approximate surface area is 73.6 Å². The Kier molecular flexibility index (Phi) is 1.89. The zero-order valence-corrected chi connectivity index (χ0v) is 7.40. The minimum absolute atomic E-state index is 0.265. The van der Waals surface area contributed by atoms with Gasteiger partial charge in [-0.1, -0.05) is 37.3 Å². The van der Waals surface area contributed by atoms with Crippen molar-refractivity contribution in [3.63, 3.8) is 0 Å². The first-order valence-electron chi connectivity index (χ1n) is 4.59. The van der Waals surface area contributed by atoms with E-state index in [-0.39, 0.29) is 6.04 Å². The van der Waals surface area contributed by atoms with Gasteiger partial charge in [-0.3, -0.25) is 0 Å². The summed E-state index contributed by atoms with van der Waals surface area (Å²) < 4.78 is 0. The number of nitrogens with two attached hydrogens (primary N) is 1. The molecule has 1 fully saturated rings. The van der Waals surface area contributed by atoms with Gasteiger partial charge in [-0.2, -0.15) is 0 Å². The SMILES string of the molecule is C[C@H]1C[C@@H]1[C@H](N)c1ccccc1. The molecule has 1 nitrogen and oxygen atoms in total. The highest BCUT2D eigenvalue weighted by Crippen LogP contribution is 2.45. The van der Waals surface area contributed by atoms with Crippen LogP contribution in [-0.4, -0.2) is 0 Å². The Hall–Kier alpha value is -0.820. The summed E-state index contributed by atoms with van der Waals surface area (Å²) >= 11 is 0. The van der Waals surface area contributed by atoms with E-state index < -0.39 is 0 Å². The fourth-order valence-electron chi connectivity index (χ4n) is 1.77. The number of hydrogen-bond donors (Lipinski definition) is 1. The molecule has 1 aromatic carbocycles. The van der Waals surface area contributed by atoms with E-state index in [0.717, 1.165) is 11.8 Å². The summed E-state index contributed by atoms with van der Waals surface area (Å²) in [7, 11) is 0. The quantitative estimate of drug-likeness (QED) is 0.708. The summed E-state index contributed by atoms with van der Waals surface area (Å²) in [6, 6.07) is 10.7. The molecule has 2 N–H and O–H groups in total. The Morgan fingerprint density at radius 1 is 1.33 bits per heavy atom. The Morgan fingerprint density at radius 3 is 2.42 bits per heavy atom. The molecule has 64 valence electrons. The average molecular weight is 161 g/mol. The first-order valence-corrected chi connectivity index (χ1v) is 4.59. The highest BCUT2D eigenvalue weighted by atomic mass is 14.7. The molecule has 3 atom stereocenters. The third kappa shape index (κ3) is 1.37. The zero-order valence-electron chi connectivity index (χ0n) is 7.40. The van der Waals surface area contributed by atoms with Crippen LogP contribution in [0.3, 0.4) is 0 Å². The molecule has 2 rings (SSSR count). The van der Waals surface area contributed by atoms with Gasteiger partial charge in [-0.15, -0.1) is 0 Å². The summed E-state index contributed by atoms with van der Waals surface area (Å²) in [5, 5.41) is 0. The van der Waals surface area contributed by atoms with Crippen LogP contribution in [0.4, 0.5) is 0 Å². The van der Waals surface area contributed by atoms with Crippen LogP contribution >= 0.6 is 0 Å². The Morgan fingerprint density at radius 2 is 1.92 bits per heavy atom. The normalized spacial score (nSPS) is 29.8. The van der Waals surface area contributed by atoms with Gasteiger partial charge in [0.1, 0.15) is 0 Å². The van der Waals surface area contributed by atoms with E-state index in [1.807, 2.05) is 6.07 Å². The monoisotopic (exact) mass is 161 g/mol. The molecular formula is C11H15N. The van der Waals surface area contributed by atoms with Crippen molar-refractivity contribution in [1.29, 1.82) is 0 Å². The van der Waals surface area contributed by atoms with Gasteiger partial charge in [-0.05, 0) is 23.8 Å². The van der Waals surface area contributed by atoms with Crippen LogP contribution in [0.2, 0.25) is 0 Å². The number of rotatable bonds is 2. The smallest absolute Gasteiger partial charge is 0.0326 e. The summed E-state index contributed by atoms with van der Waals surface area (Å²) in [6.07, 6.45) is 1.30. The molecule has 1 aliphatic carbocycles. The average Bonchev–Trinajstić information content (AvgIpc) is 2.83. The highest BCUT2D eigenvalue weighted by molar-refractivity contribution is 5.20. The van der Waals surface area contributed by atoms with Gasteiger partial charge >= 0.3 is 0 Å². The van der Waals surface area contributed by atoms with Crippen LogP contribution in [0.5, 0.6) is 0 Å². The first-order chi connectivity index (χ1) is 5.79. The van der Waals surface area contributed by atoms with Crippen molar-refractivity contribution < 1.29 is 0 Å². The van der Waals surface area contributed by atoms with Crippen molar-refractivity contribution in [2.45, 2.75) is 19.4 Å². The van der Waals surface area contributed by atoms with Crippen LogP contribution in [0.15, 0.2) is 30.3 Å². The minimum Gasteiger partial charge on any atom is -0.324 e. The predicted molar refractivity (Wildman–Crippen MR) is 50.6 cm³/mol. The maximum atomic E-state index is 6.09. The van der Waals surface area contributed by atoms with Crippen molar-refractivity contribution in [1.82, 2.24) is 0 Å². The molecule has 12 heavy (non-hydrogen) atoms.